The van der Waals surface area contributed by atoms with Crippen molar-refractivity contribution in [1.82, 2.24) is 0 Å². The van der Waals surface area contributed by atoms with E-state index < -0.39 is 22.4 Å². The Balaban J connectivity index is 2.57. The lowest BCUT2D eigenvalue weighted by atomic mass is 10.3. The molecule has 0 saturated heterocycles. The first-order valence-electron chi connectivity index (χ1n) is 4.33. The molecule has 0 amide bonds. The molecule has 0 aliphatic carbocycles. The minimum atomic E-state index is -0.737. The summed E-state index contributed by atoms with van der Waals surface area (Å²) in [6, 6.07) is 2.79. The third-order valence-electron chi connectivity index (χ3n) is 1.69. The van der Waals surface area contributed by atoms with Crippen molar-refractivity contribution in [3.63, 3.8) is 0 Å². The molecule has 3 nitrogen and oxygen atoms in total. The Hall–Kier alpha value is -1.17. The van der Waals surface area contributed by atoms with Gasteiger partial charge in [0.25, 0.3) is 0 Å². The van der Waals surface area contributed by atoms with Gasteiger partial charge in [-0.2, -0.15) is 0 Å². The molecule has 0 fully saturated rings. The molecule has 1 unspecified atom stereocenters. The van der Waals surface area contributed by atoms with Gasteiger partial charge in [-0.1, -0.05) is 15.9 Å². The number of hydrogen-bond donors (Lipinski definition) is 0. The highest BCUT2D eigenvalue weighted by molar-refractivity contribution is 9.10. The first kappa shape index (κ1) is 12.9. The zero-order valence-corrected chi connectivity index (χ0v) is 9.96. The molecule has 0 aromatic heterocycles. The Morgan fingerprint density at radius 1 is 1.38 bits per heavy atom. The van der Waals surface area contributed by atoms with Crippen LogP contribution in [-0.4, -0.2) is 24.5 Å². The van der Waals surface area contributed by atoms with Crippen LogP contribution in [0, 0.1) is 11.6 Å². The zero-order valence-electron chi connectivity index (χ0n) is 8.38. The molecular weight excluding hydrogens is 286 g/mol. The van der Waals surface area contributed by atoms with E-state index in [1.807, 2.05) is 0 Å². The van der Waals surface area contributed by atoms with Gasteiger partial charge in [-0.25, -0.2) is 8.78 Å². The molecule has 0 spiro atoms. The van der Waals surface area contributed by atoms with Gasteiger partial charge in [-0.05, 0) is 0 Å². The Kier molecular flexibility index (Phi) is 4.67. The van der Waals surface area contributed by atoms with Gasteiger partial charge in [-0.15, -0.1) is 0 Å². The lowest BCUT2D eigenvalue weighted by molar-refractivity contribution is -0.140. The van der Waals surface area contributed by atoms with Crippen LogP contribution in [0.2, 0.25) is 0 Å². The Labute approximate surface area is 99.5 Å². The summed E-state index contributed by atoms with van der Waals surface area (Å²) in [6.07, 6.45) is 0. The third-order valence-corrected chi connectivity index (χ3v) is 2.33. The smallest absolute Gasteiger partial charge is 0.322 e. The van der Waals surface area contributed by atoms with E-state index in [4.69, 9.17) is 4.74 Å². The second-order valence-electron chi connectivity index (χ2n) is 2.91. The normalized spacial score (nSPS) is 12.0. The van der Waals surface area contributed by atoms with Crippen LogP contribution in [0.4, 0.5) is 8.78 Å². The number of rotatable bonds is 4. The summed E-state index contributed by atoms with van der Waals surface area (Å²) in [7, 11) is 1.23. The minimum Gasteiger partial charge on any atom is -0.492 e. The van der Waals surface area contributed by atoms with Crippen molar-refractivity contribution < 1.29 is 23.0 Å². The van der Waals surface area contributed by atoms with Crippen molar-refractivity contribution in [3.8, 4) is 5.75 Å². The first-order chi connectivity index (χ1) is 7.52. The molecule has 1 aromatic carbocycles. The van der Waals surface area contributed by atoms with Gasteiger partial charge in [0.15, 0.2) is 0 Å². The van der Waals surface area contributed by atoms with Gasteiger partial charge < -0.3 is 9.47 Å². The molecule has 0 saturated carbocycles. The summed E-state index contributed by atoms with van der Waals surface area (Å²) < 4.78 is 35.0. The average Bonchev–Trinajstić information content (AvgIpc) is 2.23. The lowest BCUT2D eigenvalue weighted by Crippen LogP contribution is -2.22. The molecule has 88 valence electrons. The van der Waals surface area contributed by atoms with Crippen LogP contribution in [0.3, 0.4) is 0 Å². The van der Waals surface area contributed by atoms with Crippen molar-refractivity contribution in [2.24, 2.45) is 0 Å². The van der Waals surface area contributed by atoms with Gasteiger partial charge in [0, 0.05) is 18.2 Å². The molecule has 0 aliphatic rings. The summed E-state index contributed by atoms with van der Waals surface area (Å²) in [4.78, 5) is 10.3. The fourth-order valence-electron chi connectivity index (χ4n) is 0.977. The van der Waals surface area contributed by atoms with Crippen LogP contribution in [0.5, 0.6) is 5.75 Å². The van der Waals surface area contributed by atoms with Crippen LogP contribution in [0.1, 0.15) is 0 Å². The van der Waals surface area contributed by atoms with E-state index in [0.29, 0.717) is 0 Å². The summed E-state index contributed by atoms with van der Waals surface area (Å²) in [5.74, 6) is -1.97. The minimum absolute atomic E-state index is 0.0193. The van der Waals surface area contributed by atoms with E-state index in [9.17, 15) is 13.6 Å². The van der Waals surface area contributed by atoms with Crippen LogP contribution in [0.15, 0.2) is 18.2 Å². The molecule has 0 heterocycles. The number of halogens is 3. The molecular formula is C10H9BrF2O3. The average molecular weight is 295 g/mol. The molecule has 1 rings (SSSR count). The molecule has 0 N–H and O–H groups in total. The lowest BCUT2D eigenvalue weighted by Gasteiger charge is -2.09. The summed E-state index contributed by atoms with van der Waals surface area (Å²) in [5.41, 5.74) is 0. The Morgan fingerprint density at radius 2 is 1.94 bits per heavy atom. The van der Waals surface area contributed by atoms with E-state index in [-0.39, 0.29) is 12.4 Å². The van der Waals surface area contributed by atoms with Crippen molar-refractivity contribution in [1.29, 1.82) is 0 Å². The molecule has 6 heteroatoms. The van der Waals surface area contributed by atoms with E-state index in [0.717, 1.165) is 18.2 Å². The number of carbonyl (C=O) groups excluding carboxylic acids is 1. The number of esters is 1. The Morgan fingerprint density at radius 3 is 2.44 bits per heavy atom. The summed E-state index contributed by atoms with van der Waals surface area (Å²) in [6.45, 7) is -0.0738. The largest absolute Gasteiger partial charge is 0.492 e. The maximum atomic E-state index is 12.8. The number of alkyl halides is 1. The van der Waals surface area contributed by atoms with Crippen molar-refractivity contribution in [2.75, 3.05) is 13.7 Å². The number of benzene rings is 1. The number of hydrogen-bond acceptors (Lipinski definition) is 3. The predicted molar refractivity (Wildman–Crippen MR) is 56.6 cm³/mol. The highest BCUT2D eigenvalue weighted by Crippen LogP contribution is 2.16. The maximum Gasteiger partial charge on any atom is 0.322 e. The standard InChI is InChI=1S/C10H9BrF2O3/c1-15-10(14)9(11)5-16-8-3-6(12)2-7(13)4-8/h2-4,9H,5H2,1H3. The molecule has 0 bridgehead atoms. The van der Waals surface area contributed by atoms with Crippen molar-refractivity contribution in [2.45, 2.75) is 4.83 Å². The number of carbonyl (C=O) groups is 1. The van der Waals surface area contributed by atoms with Gasteiger partial charge in [-0.3, -0.25) is 4.79 Å². The molecule has 16 heavy (non-hydrogen) atoms. The van der Waals surface area contributed by atoms with E-state index >= 15 is 0 Å². The van der Waals surface area contributed by atoms with Crippen LogP contribution in [-0.2, 0) is 9.53 Å². The summed E-state index contributed by atoms with van der Waals surface area (Å²) in [5, 5.41) is 0. The van der Waals surface area contributed by atoms with Gasteiger partial charge in [0.1, 0.15) is 28.8 Å². The first-order valence-corrected chi connectivity index (χ1v) is 5.25. The molecule has 1 atom stereocenters. The van der Waals surface area contributed by atoms with E-state index in [2.05, 4.69) is 20.7 Å². The van der Waals surface area contributed by atoms with Crippen LogP contribution < -0.4 is 4.74 Å². The second-order valence-corrected chi connectivity index (χ2v) is 4.01. The fraction of sp³-hybridized carbons (Fsp3) is 0.300. The van der Waals surface area contributed by atoms with Gasteiger partial charge >= 0.3 is 5.97 Å². The maximum absolute atomic E-state index is 12.8. The SMILES string of the molecule is COC(=O)C(Br)COc1cc(F)cc(F)c1. The molecule has 0 radical (unpaired) electrons. The third kappa shape index (κ3) is 3.77. The number of ether oxygens (including phenoxy) is 2. The number of methoxy groups -OCH3 is 1. The van der Waals surface area contributed by atoms with E-state index in [1.165, 1.54) is 7.11 Å². The summed E-state index contributed by atoms with van der Waals surface area (Å²) >= 11 is 3.01. The highest BCUT2D eigenvalue weighted by Gasteiger charge is 2.16. The highest BCUT2D eigenvalue weighted by atomic mass is 79.9. The molecule has 1 aromatic rings. The topological polar surface area (TPSA) is 35.5 Å². The molecule has 0 aliphatic heterocycles. The van der Waals surface area contributed by atoms with Crippen LogP contribution >= 0.6 is 15.9 Å². The fourth-order valence-corrected chi connectivity index (χ4v) is 1.30. The zero-order chi connectivity index (χ0) is 12.1. The quantitative estimate of drug-likeness (QED) is 0.631. The predicted octanol–water partition coefficient (Wildman–Crippen LogP) is 2.28. The monoisotopic (exact) mass is 294 g/mol. The van der Waals surface area contributed by atoms with Gasteiger partial charge in [0.05, 0.1) is 7.11 Å². The van der Waals surface area contributed by atoms with Gasteiger partial charge in [0.2, 0.25) is 0 Å². The second kappa shape index (κ2) is 5.79. The van der Waals surface area contributed by atoms with E-state index in [1.54, 1.807) is 0 Å². The van der Waals surface area contributed by atoms with Crippen molar-refractivity contribution >= 4 is 21.9 Å². The van der Waals surface area contributed by atoms with Crippen LogP contribution in [0.25, 0.3) is 0 Å². The van der Waals surface area contributed by atoms with Crippen molar-refractivity contribution in [3.05, 3.63) is 29.8 Å². The Bertz CT molecular complexity index is 364.